The van der Waals surface area contributed by atoms with Gasteiger partial charge in [0, 0.05) is 23.4 Å². The van der Waals surface area contributed by atoms with Gasteiger partial charge >= 0.3 is 6.09 Å². The van der Waals surface area contributed by atoms with Gasteiger partial charge in [-0.05, 0) is 50.6 Å². The Bertz CT molecular complexity index is 1110. The van der Waals surface area contributed by atoms with Gasteiger partial charge in [-0.1, -0.05) is 36.4 Å². The van der Waals surface area contributed by atoms with Gasteiger partial charge < -0.3 is 20.1 Å². The second kappa shape index (κ2) is 11.7. The summed E-state index contributed by atoms with van der Waals surface area (Å²) in [5, 5.41) is 6.69. The first-order valence-electron chi connectivity index (χ1n) is 11.1. The molecule has 0 aliphatic heterocycles. The van der Waals surface area contributed by atoms with Crippen molar-refractivity contribution in [2.75, 3.05) is 12.9 Å². The monoisotopic (exact) mass is 481 g/mol. The molecule has 2 amide bonds. The number of amides is 2. The maximum absolute atomic E-state index is 12.9. The minimum atomic E-state index is -0.751. The number of nitrogens with one attached hydrogen (secondary N) is 2. The molecule has 0 spiro atoms. The lowest BCUT2D eigenvalue weighted by atomic mass is 10.2. The molecule has 7 nitrogen and oxygen atoms in total. The number of para-hydroxylation sites is 1. The van der Waals surface area contributed by atoms with Crippen molar-refractivity contribution in [3.05, 3.63) is 71.9 Å². The van der Waals surface area contributed by atoms with E-state index in [1.807, 2.05) is 60.7 Å². The highest BCUT2D eigenvalue weighted by Crippen LogP contribution is 2.17. The van der Waals surface area contributed by atoms with Crippen LogP contribution in [0.3, 0.4) is 0 Å². The lowest BCUT2D eigenvalue weighted by Crippen LogP contribution is -2.49. The Kier molecular flexibility index (Phi) is 8.76. The predicted octanol–water partition coefficient (Wildman–Crippen LogP) is 4.69. The molecular formula is C26H31N3O4S. The van der Waals surface area contributed by atoms with Crippen LogP contribution in [0.1, 0.15) is 32.0 Å². The quantitative estimate of drug-likeness (QED) is 0.461. The van der Waals surface area contributed by atoms with E-state index in [1.54, 1.807) is 27.9 Å². The molecule has 2 N–H and O–H groups in total. The summed E-state index contributed by atoms with van der Waals surface area (Å²) in [5.41, 5.74) is 2.12. The number of ether oxygens (including phenoxy) is 2. The summed E-state index contributed by atoms with van der Waals surface area (Å²) in [4.78, 5) is 29.9. The molecule has 1 aromatic heterocycles. The van der Waals surface area contributed by atoms with Gasteiger partial charge in [0.25, 0.3) is 0 Å². The Labute approximate surface area is 204 Å². The fourth-order valence-electron chi connectivity index (χ4n) is 3.16. The summed E-state index contributed by atoms with van der Waals surface area (Å²) in [6, 6.07) is 18.6. The molecule has 34 heavy (non-hydrogen) atoms. The highest BCUT2D eigenvalue weighted by atomic mass is 32.2. The molecule has 0 aliphatic carbocycles. The number of thioether (sulfide) groups is 1. The van der Waals surface area contributed by atoms with E-state index >= 15 is 0 Å². The SMILES string of the molecule is COc1ccc(CNC(=O)[C@H](CSCc2ccc3ccccc3n2)NC(=O)OC(C)(C)C)cc1. The predicted molar refractivity (Wildman–Crippen MR) is 136 cm³/mol. The van der Waals surface area contributed by atoms with Gasteiger partial charge in [0.2, 0.25) is 5.91 Å². The third-order valence-electron chi connectivity index (χ3n) is 4.82. The molecule has 2 aromatic carbocycles. The molecule has 0 fully saturated rings. The zero-order chi connectivity index (χ0) is 24.6. The second-order valence-corrected chi connectivity index (χ2v) is 9.81. The lowest BCUT2D eigenvalue weighted by molar-refractivity contribution is -0.122. The molecule has 8 heteroatoms. The number of aromatic nitrogens is 1. The number of methoxy groups -OCH3 is 1. The van der Waals surface area contributed by atoms with E-state index in [1.165, 1.54) is 11.8 Å². The van der Waals surface area contributed by atoms with Crippen LogP contribution in [0.15, 0.2) is 60.7 Å². The standard InChI is InChI=1S/C26H31N3O4S/c1-26(2,3)33-25(31)29-23(24(30)27-15-18-9-13-21(32-4)14-10-18)17-34-16-20-12-11-19-7-5-6-8-22(19)28-20/h5-14,23H,15-17H2,1-4H3,(H,27,30)(H,29,31)/t23-/m0/s1. The van der Waals surface area contributed by atoms with Gasteiger partial charge in [-0.2, -0.15) is 11.8 Å². The van der Waals surface area contributed by atoms with E-state index in [0.29, 0.717) is 18.1 Å². The fourth-order valence-corrected chi connectivity index (χ4v) is 4.12. The maximum Gasteiger partial charge on any atom is 0.408 e. The molecule has 3 aromatic rings. The van der Waals surface area contributed by atoms with E-state index in [9.17, 15) is 9.59 Å². The van der Waals surface area contributed by atoms with Crippen molar-refractivity contribution in [2.24, 2.45) is 0 Å². The van der Waals surface area contributed by atoms with E-state index < -0.39 is 17.7 Å². The average Bonchev–Trinajstić information content (AvgIpc) is 2.81. The van der Waals surface area contributed by atoms with Crippen LogP contribution in [0, 0.1) is 0 Å². The fraction of sp³-hybridized carbons (Fsp3) is 0.346. The van der Waals surface area contributed by atoms with Gasteiger partial charge in [0.05, 0.1) is 18.3 Å². The summed E-state index contributed by atoms with van der Waals surface area (Å²) < 4.78 is 10.5. The molecular weight excluding hydrogens is 450 g/mol. The Hall–Kier alpha value is -3.26. The number of pyridine rings is 1. The lowest BCUT2D eigenvalue weighted by Gasteiger charge is -2.23. The maximum atomic E-state index is 12.9. The number of alkyl carbamates (subject to hydrolysis) is 1. The Balaban J connectivity index is 1.61. The third-order valence-corrected chi connectivity index (χ3v) is 5.89. The van der Waals surface area contributed by atoms with Crippen molar-refractivity contribution >= 4 is 34.7 Å². The topological polar surface area (TPSA) is 89.5 Å². The molecule has 3 rings (SSSR count). The number of carbonyl (C=O) groups is 2. The van der Waals surface area contributed by atoms with Gasteiger partial charge in [-0.25, -0.2) is 4.79 Å². The van der Waals surface area contributed by atoms with Crippen molar-refractivity contribution < 1.29 is 19.1 Å². The van der Waals surface area contributed by atoms with E-state index in [0.717, 1.165) is 27.9 Å². The molecule has 0 saturated heterocycles. The smallest absolute Gasteiger partial charge is 0.408 e. The minimum absolute atomic E-state index is 0.277. The van der Waals surface area contributed by atoms with Crippen LogP contribution < -0.4 is 15.4 Å². The Morgan fingerprint density at radius 3 is 2.47 bits per heavy atom. The summed E-state index contributed by atoms with van der Waals surface area (Å²) in [7, 11) is 1.61. The number of rotatable bonds is 9. The van der Waals surface area contributed by atoms with Gasteiger partial charge in [-0.15, -0.1) is 0 Å². The first-order chi connectivity index (χ1) is 16.2. The zero-order valence-electron chi connectivity index (χ0n) is 20.0. The Morgan fingerprint density at radius 1 is 1.03 bits per heavy atom. The highest BCUT2D eigenvalue weighted by Gasteiger charge is 2.24. The Morgan fingerprint density at radius 2 is 1.76 bits per heavy atom. The van der Waals surface area contributed by atoms with Crippen LogP contribution >= 0.6 is 11.8 Å². The molecule has 0 radical (unpaired) electrons. The zero-order valence-corrected chi connectivity index (χ0v) is 20.8. The number of fused-ring (bicyclic) bond motifs is 1. The van der Waals surface area contributed by atoms with Crippen molar-refractivity contribution in [3.63, 3.8) is 0 Å². The molecule has 1 heterocycles. The van der Waals surface area contributed by atoms with Gasteiger partial charge in [-0.3, -0.25) is 9.78 Å². The summed E-state index contributed by atoms with van der Waals surface area (Å²) in [5.74, 6) is 1.46. The highest BCUT2D eigenvalue weighted by molar-refractivity contribution is 7.98. The van der Waals surface area contributed by atoms with Crippen molar-refractivity contribution in [1.29, 1.82) is 0 Å². The largest absolute Gasteiger partial charge is 0.497 e. The number of hydrogen-bond acceptors (Lipinski definition) is 6. The normalized spacial score (nSPS) is 12.1. The van der Waals surface area contributed by atoms with E-state index in [4.69, 9.17) is 9.47 Å². The van der Waals surface area contributed by atoms with Crippen molar-refractivity contribution in [3.8, 4) is 5.75 Å². The summed E-state index contributed by atoms with van der Waals surface area (Å²) in [6.45, 7) is 5.69. The van der Waals surface area contributed by atoms with Crippen LogP contribution in [0.25, 0.3) is 10.9 Å². The second-order valence-electron chi connectivity index (χ2n) is 8.78. The van der Waals surface area contributed by atoms with Crippen LogP contribution in [0.2, 0.25) is 0 Å². The van der Waals surface area contributed by atoms with E-state index in [-0.39, 0.29) is 5.91 Å². The third kappa shape index (κ3) is 7.95. The van der Waals surface area contributed by atoms with Crippen LogP contribution in [-0.4, -0.2) is 41.5 Å². The van der Waals surface area contributed by atoms with Gasteiger partial charge in [0.1, 0.15) is 17.4 Å². The number of hydrogen-bond donors (Lipinski definition) is 2. The molecule has 1 atom stereocenters. The van der Waals surface area contributed by atoms with Crippen LogP contribution in [0.4, 0.5) is 4.79 Å². The molecule has 0 aliphatic rings. The van der Waals surface area contributed by atoms with Crippen molar-refractivity contribution in [1.82, 2.24) is 15.6 Å². The first-order valence-corrected chi connectivity index (χ1v) is 12.2. The van der Waals surface area contributed by atoms with Crippen LogP contribution in [-0.2, 0) is 21.8 Å². The molecule has 0 bridgehead atoms. The molecule has 0 saturated carbocycles. The number of carbonyl (C=O) groups excluding carboxylic acids is 2. The van der Waals surface area contributed by atoms with Gasteiger partial charge in [0.15, 0.2) is 0 Å². The summed E-state index contributed by atoms with van der Waals surface area (Å²) in [6.07, 6.45) is -0.624. The number of benzene rings is 2. The van der Waals surface area contributed by atoms with Crippen molar-refractivity contribution in [2.45, 2.75) is 44.7 Å². The number of nitrogens with zero attached hydrogens (tertiary/aromatic N) is 1. The molecule has 180 valence electrons. The molecule has 0 unspecified atom stereocenters. The first kappa shape index (κ1) is 25.4. The average molecular weight is 482 g/mol. The van der Waals surface area contributed by atoms with Crippen LogP contribution in [0.5, 0.6) is 5.75 Å². The van der Waals surface area contributed by atoms with E-state index in [2.05, 4.69) is 15.6 Å². The summed E-state index contributed by atoms with van der Waals surface area (Å²) >= 11 is 1.53. The minimum Gasteiger partial charge on any atom is -0.497 e.